The van der Waals surface area contributed by atoms with Crippen LogP contribution in [0.3, 0.4) is 0 Å². The van der Waals surface area contributed by atoms with Gasteiger partial charge in [-0.2, -0.15) is 0 Å². The van der Waals surface area contributed by atoms with Gasteiger partial charge >= 0.3 is 8.56 Å². The van der Waals surface area contributed by atoms with E-state index in [2.05, 4.69) is 41.5 Å². The lowest BCUT2D eigenvalue weighted by molar-refractivity contribution is 0.178. The summed E-state index contributed by atoms with van der Waals surface area (Å²) in [5.41, 5.74) is 0. The second-order valence-corrected chi connectivity index (χ2v) is 9.04. The van der Waals surface area contributed by atoms with Gasteiger partial charge in [0.25, 0.3) is 0 Å². The van der Waals surface area contributed by atoms with Crippen LogP contribution in [0.4, 0.5) is 0 Å². The van der Waals surface area contributed by atoms with E-state index in [1.54, 1.807) is 0 Å². The van der Waals surface area contributed by atoms with Crippen LogP contribution in [0.5, 0.6) is 0 Å². The van der Waals surface area contributed by atoms with Gasteiger partial charge in [0.15, 0.2) is 0 Å². The monoisotopic (exact) mass is 260 g/mol. The summed E-state index contributed by atoms with van der Waals surface area (Å²) in [4.78, 5) is 0. The molecule has 0 saturated carbocycles. The summed E-state index contributed by atoms with van der Waals surface area (Å²) in [7, 11) is -1.92. The van der Waals surface area contributed by atoms with Crippen LogP contribution in [0, 0.1) is 11.8 Å². The minimum absolute atomic E-state index is 0.738. The maximum absolute atomic E-state index is 6.09. The van der Waals surface area contributed by atoms with Crippen molar-refractivity contribution >= 4 is 8.56 Å². The van der Waals surface area contributed by atoms with Crippen LogP contribution in [0.15, 0.2) is 0 Å². The highest BCUT2D eigenvalue weighted by molar-refractivity contribution is 6.67. The molecular weight excluding hydrogens is 228 g/mol. The first-order valence-electron chi connectivity index (χ1n) is 7.23. The maximum atomic E-state index is 6.09. The molecule has 0 aliphatic carbocycles. The minimum Gasteiger partial charge on any atom is -0.394 e. The van der Waals surface area contributed by atoms with Crippen molar-refractivity contribution in [3.63, 3.8) is 0 Å². The van der Waals surface area contributed by atoms with Gasteiger partial charge in [0.2, 0.25) is 0 Å². The smallest absolute Gasteiger partial charge is 0.338 e. The molecule has 0 atom stereocenters. The zero-order valence-corrected chi connectivity index (χ0v) is 13.7. The molecule has 104 valence electrons. The highest BCUT2D eigenvalue weighted by Gasteiger charge is 2.36. The predicted molar refractivity (Wildman–Crippen MR) is 77.5 cm³/mol. The molecule has 0 aromatic rings. The van der Waals surface area contributed by atoms with Crippen molar-refractivity contribution < 1.29 is 8.85 Å². The fourth-order valence-corrected chi connectivity index (χ4v) is 6.00. The molecule has 17 heavy (non-hydrogen) atoms. The third-order valence-corrected chi connectivity index (χ3v) is 6.75. The summed E-state index contributed by atoms with van der Waals surface area (Å²) in [6, 6.07) is 2.30. The van der Waals surface area contributed by atoms with E-state index < -0.39 is 8.56 Å². The largest absolute Gasteiger partial charge is 0.394 e. The van der Waals surface area contributed by atoms with Gasteiger partial charge in [-0.1, -0.05) is 27.7 Å². The predicted octanol–water partition coefficient (Wildman–Crippen LogP) is 4.59. The summed E-state index contributed by atoms with van der Waals surface area (Å²) in [6.07, 6.45) is 2.45. The van der Waals surface area contributed by atoms with Gasteiger partial charge in [-0.15, -0.1) is 0 Å². The van der Waals surface area contributed by atoms with Crippen molar-refractivity contribution in [2.24, 2.45) is 11.8 Å². The fraction of sp³-hybridized carbons (Fsp3) is 1.00. The Morgan fingerprint density at radius 3 is 1.35 bits per heavy atom. The van der Waals surface area contributed by atoms with Gasteiger partial charge < -0.3 is 8.85 Å². The molecule has 0 rings (SSSR count). The molecule has 0 radical (unpaired) electrons. The van der Waals surface area contributed by atoms with E-state index in [0.29, 0.717) is 0 Å². The Bertz CT molecular complexity index is 161. The zero-order chi connectivity index (χ0) is 13.3. The van der Waals surface area contributed by atoms with Gasteiger partial charge in [-0.3, -0.25) is 0 Å². The van der Waals surface area contributed by atoms with Gasteiger partial charge in [0.1, 0.15) is 0 Å². The van der Waals surface area contributed by atoms with E-state index >= 15 is 0 Å². The van der Waals surface area contributed by atoms with Gasteiger partial charge in [-0.05, 0) is 50.6 Å². The Labute approximate surface area is 109 Å². The summed E-state index contributed by atoms with van der Waals surface area (Å²) >= 11 is 0. The molecular formula is C14H32O2Si. The Morgan fingerprint density at radius 1 is 0.765 bits per heavy atom. The van der Waals surface area contributed by atoms with Crippen molar-refractivity contribution in [3.8, 4) is 0 Å². The molecule has 3 heteroatoms. The van der Waals surface area contributed by atoms with Gasteiger partial charge in [0, 0.05) is 13.2 Å². The third kappa shape index (κ3) is 7.95. The first kappa shape index (κ1) is 17.1. The Balaban J connectivity index is 4.47. The van der Waals surface area contributed by atoms with Crippen LogP contribution in [-0.4, -0.2) is 21.8 Å². The van der Waals surface area contributed by atoms with Crippen molar-refractivity contribution in [2.75, 3.05) is 13.2 Å². The molecule has 0 unspecified atom stereocenters. The molecule has 0 aliphatic heterocycles. The molecule has 0 saturated heterocycles. The van der Waals surface area contributed by atoms with Crippen LogP contribution in [0.25, 0.3) is 0 Å². The zero-order valence-electron chi connectivity index (χ0n) is 12.7. The van der Waals surface area contributed by atoms with E-state index in [1.807, 2.05) is 0 Å². The molecule has 0 aromatic carbocycles. The Hall–Kier alpha value is 0.137. The lowest BCUT2D eigenvalue weighted by Crippen LogP contribution is -2.42. The molecule has 0 spiro atoms. The van der Waals surface area contributed by atoms with Crippen LogP contribution < -0.4 is 0 Å². The summed E-state index contributed by atoms with van der Waals surface area (Å²) in [5, 5.41) is 0. The van der Waals surface area contributed by atoms with Crippen molar-refractivity contribution in [3.05, 3.63) is 0 Å². The number of hydrogen-bond donors (Lipinski definition) is 0. The average Bonchev–Trinajstić information content (AvgIpc) is 2.24. The molecule has 0 bridgehead atoms. The van der Waals surface area contributed by atoms with Crippen molar-refractivity contribution in [1.29, 1.82) is 0 Å². The Morgan fingerprint density at radius 2 is 1.12 bits per heavy atom. The highest BCUT2D eigenvalue weighted by Crippen LogP contribution is 2.27. The minimum atomic E-state index is -1.92. The average molecular weight is 260 g/mol. The maximum Gasteiger partial charge on any atom is 0.338 e. The highest BCUT2D eigenvalue weighted by atomic mass is 28.4. The second-order valence-electron chi connectivity index (χ2n) is 5.64. The quantitative estimate of drug-likeness (QED) is 0.535. The van der Waals surface area contributed by atoms with Crippen LogP contribution in [-0.2, 0) is 8.85 Å². The first-order chi connectivity index (χ1) is 7.95. The van der Waals surface area contributed by atoms with E-state index in [9.17, 15) is 0 Å². The van der Waals surface area contributed by atoms with Gasteiger partial charge in [0.05, 0.1) is 0 Å². The van der Waals surface area contributed by atoms with Crippen LogP contribution in [0.1, 0.15) is 54.4 Å². The van der Waals surface area contributed by atoms with E-state index in [4.69, 9.17) is 8.85 Å². The standard InChI is InChI=1S/C14H32O2Si/c1-7-15-17(16-8-2,11-9-13(3)4)12-10-14(5)6/h13-14H,7-12H2,1-6H3. The molecule has 0 N–H and O–H groups in total. The Kier molecular flexibility index (Phi) is 9.19. The summed E-state index contributed by atoms with van der Waals surface area (Å²) in [5.74, 6) is 1.48. The molecule has 0 amide bonds. The van der Waals surface area contributed by atoms with Gasteiger partial charge in [-0.25, -0.2) is 0 Å². The number of rotatable bonds is 10. The molecule has 0 aromatic heterocycles. The lowest BCUT2D eigenvalue weighted by Gasteiger charge is -2.31. The topological polar surface area (TPSA) is 18.5 Å². The third-order valence-electron chi connectivity index (χ3n) is 3.02. The van der Waals surface area contributed by atoms with Crippen molar-refractivity contribution in [2.45, 2.75) is 66.5 Å². The summed E-state index contributed by atoms with van der Waals surface area (Å²) in [6.45, 7) is 14.9. The lowest BCUT2D eigenvalue weighted by atomic mass is 10.2. The normalized spacial score (nSPS) is 12.7. The van der Waals surface area contributed by atoms with E-state index in [1.165, 1.54) is 12.8 Å². The van der Waals surface area contributed by atoms with Crippen molar-refractivity contribution in [1.82, 2.24) is 0 Å². The summed E-state index contributed by atoms with van der Waals surface area (Å²) < 4.78 is 12.2. The SMILES string of the molecule is CCO[Si](CCC(C)C)(CCC(C)C)OCC. The number of hydrogen-bond acceptors (Lipinski definition) is 2. The molecule has 2 nitrogen and oxygen atoms in total. The molecule has 0 fully saturated rings. The molecule has 0 heterocycles. The first-order valence-corrected chi connectivity index (χ1v) is 9.46. The second kappa shape index (κ2) is 9.12. The van der Waals surface area contributed by atoms with E-state index in [-0.39, 0.29) is 0 Å². The van der Waals surface area contributed by atoms with Crippen LogP contribution in [0.2, 0.25) is 12.1 Å². The van der Waals surface area contributed by atoms with Crippen LogP contribution >= 0.6 is 0 Å². The van der Waals surface area contributed by atoms with E-state index in [0.717, 1.165) is 37.1 Å². The fourth-order valence-electron chi connectivity index (χ4n) is 2.00. The molecule has 0 aliphatic rings.